The fourth-order valence-electron chi connectivity index (χ4n) is 2.47. The van der Waals surface area contributed by atoms with Crippen molar-refractivity contribution in [2.75, 3.05) is 7.05 Å². The van der Waals surface area contributed by atoms with E-state index in [-0.39, 0.29) is 6.04 Å². The highest BCUT2D eigenvalue weighted by Gasteiger charge is 2.16. The molecule has 0 radical (unpaired) electrons. The van der Waals surface area contributed by atoms with Crippen molar-refractivity contribution in [1.82, 2.24) is 25.1 Å². The first-order chi connectivity index (χ1) is 9.80. The molecule has 0 aliphatic heterocycles. The quantitative estimate of drug-likeness (QED) is 0.840. The molecule has 0 aliphatic carbocycles. The Labute approximate surface area is 120 Å². The van der Waals surface area contributed by atoms with Gasteiger partial charge in [0.15, 0.2) is 0 Å². The van der Waals surface area contributed by atoms with Crippen molar-refractivity contribution in [2.45, 2.75) is 45.7 Å². The van der Waals surface area contributed by atoms with E-state index < -0.39 is 0 Å². The number of hydrogen-bond donors (Lipinski definition) is 1. The van der Waals surface area contributed by atoms with Gasteiger partial charge in [-0.1, -0.05) is 13.8 Å². The van der Waals surface area contributed by atoms with Crippen LogP contribution in [0, 0.1) is 0 Å². The zero-order chi connectivity index (χ0) is 14.4. The van der Waals surface area contributed by atoms with Crippen LogP contribution in [0.5, 0.6) is 0 Å². The predicted octanol–water partition coefficient (Wildman–Crippen LogP) is 2.15. The summed E-state index contributed by atoms with van der Waals surface area (Å²) in [5.74, 6) is 1.03. The Morgan fingerprint density at radius 2 is 2.20 bits per heavy atom. The lowest BCUT2D eigenvalue weighted by Crippen LogP contribution is -2.22. The van der Waals surface area contributed by atoms with Gasteiger partial charge >= 0.3 is 0 Å². The van der Waals surface area contributed by atoms with Gasteiger partial charge in [0.05, 0.1) is 0 Å². The van der Waals surface area contributed by atoms with Gasteiger partial charge in [0.2, 0.25) is 0 Å². The van der Waals surface area contributed by atoms with Crippen LogP contribution in [0.2, 0.25) is 0 Å². The molecule has 0 amide bonds. The molecule has 5 heteroatoms. The number of pyridine rings is 1. The zero-order valence-corrected chi connectivity index (χ0v) is 12.5. The van der Waals surface area contributed by atoms with Crippen molar-refractivity contribution in [2.24, 2.45) is 0 Å². The standard InChI is InChI=1S/C15H23N5/c1-4-8-20-15(18-11-19-20)9-14(16-3)13-6-7-17-10-12(13)5-2/h6-7,10-11,14,16H,4-5,8-9H2,1-3H3. The Morgan fingerprint density at radius 3 is 2.90 bits per heavy atom. The van der Waals surface area contributed by atoms with Gasteiger partial charge in [0.25, 0.3) is 0 Å². The molecule has 1 atom stereocenters. The van der Waals surface area contributed by atoms with Crippen molar-refractivity contribution in [1.29, 1.82) is 0 Å². The molecular weight excluding hydrogens is 250 g/mol. The maximum atomic E-state index is 4.40. The second-order valence-electron chi connectivity index (χ2n) is 4.87. The van der Waals surface area contributed by atoms with Crippen LogP contribution in [-0.2, 0) is 19.4 Å². The Hall–Kier alpha value is -1.75. The lowest BCUT2D eigenvalue weighted by atomic mass is 9.98. The Bertz CT molecular complexity index is 535. The van der Waals surface area contributed by atoms with Crippen LogP contribution in [0.25, 0.3) is 0 Å². The average molecular weight is 273 g/mol. The van der Waals surface area contributed by atoms with E-state index in [1.165, 1.54) is 11.1 Å². The smallest absolute Gasteiger partial charge is 0.138 e. The second kappa shape index (κ2) is 7.14. The summed E-state index contributed by atoms with van der Waals surface area (Å²) in [6, 6.07) is 2.34. The minimum atomic E-state index is 0.243. The van der Waals surface area contributed by atoms with Crippen molar-refractivity contribution in [3.8, 4) is 0 Å². The van der Waals surface area contributed by atoms with Crippen LogP contribution in [0.1, 0.15) is 43.3 Å². The maximum Gasteiger partial charge on any atom is 0.138 e. The largest absolute Gasteiger partial charge is 0.313 e. The third-order valence-corrected chi connectivity index (χ3v) is 3.56. The number of nitrogens with one attached hydrogen (secondary N) is 1. The van der Waals surface area contributed by atoms with Gasteiger partial charge in [-0.15, -0.1) is 0 Å². The molecule has 108 valence electrons. The van der Waals surface area contributed by atoms with Gasteiger partial charge < -0.3 is 5.32 Å². The predicted molar refractivity (Wildman–Crippen MR) is 79.4 cm³/mol. The fraction of sp³-hybridized carbons (Fsp3) is 0.533. The Kier molecular flexibility index (Phi) is 5.24. The molecule has 1 N–H and O–H groups in total. The minimum absolute atomic E-state index is 0.243. The van der Waals surface area contributed by atoms with Crippen LogP contribution in [0.3, 0.4) is 0 Å². The molecule has 2 aromatic heterocycles. The van der Waals surface area contributed by atoms with E-state index in [1.54, 1.807) is 6.33 Å². The van der Waals surface area contributed by atoms with E-state index in [0.29, 0.717) is 0 Å². The van der Waals surface area contributed by atoms with Crippen LogP contribution in [0.15, 0.2) is 24.8 Å². The maximum absolute atomic E-state index is 4.40. The third-order valence-electron chi connectivity index (χ3n) is 3.56. The lowest BCUT2D eigenvalue weighted by Gasteiger charge is -2.19. The van der Waals surface area contributed by atoms with E-state index in [2.05, 4.69) is 40.3 Å². The zero-order valence-electron chi connectivity index (χ0n) is 12.5. The Morgan fingerprint density at radius 1 is 1.35 bits per heavy atom. The number of aryl methyl sites for hydroxylation is 2. The van der Waals surface area contributed by atoms with Gasteiger partial charge in [-0.2, -0.15) is 5.10 Å². The van der Waals surface area contributed by atoms with E-state index in [9.17, 15) is 0 Å². The topological polar surface area (TPSA) is 55.6 Å². The van der Waals surface area contributed by atoms with E-state index in [1.807, 2.05) is 24.1 Å². The summed E-state index contributed by atoms with van der Waals surface area (Å²) in [6.45, 7) is 5.23. The van der Waals surface area contributed by atoms with E-state index in [4.69, 9.17) is 0 Å². The van der Waals surface area contributed by atoms with Crippen molar-refractivity contribution >= 4 is 0 Å². The summed E-state index contributed by atoms with van der Waals surface area (Å²) in [5.41, 5.74) is 2.59. The van der Waals surface area contributed by atoms with Gasteiger partial charge in [-0.05, 0) is 37.1 Å². The third kappa shape index (κ3) is 3.22. The summed E-state index contributed by atoms with van der Waals surface area (Å²) < 4.78 is 2.00. The summed E-state index contributed by atoms with van der Waals surface area (Å²) in [4.78, 5) is 8.62. The van der Waals surface area contributed by atoms with Crippen molar-refractivity contribution < 1.29 is 0 Å². The summed E-state index contributed by atoms with van der Waals surface area (Å²) in [5, 5.41) is 7.69. The number of likely N-dealkylation sites (N-methyl/N-ethyl adjacent to an activating group) is 1. The molecule has 0 fully saturated rings. The van der Waals surface area contributed by atoms with Crippen LogP contribution < -0.4 is 5.32 Å². The molecule has 5 nitrogen and oxygen atoms in total. The normalized spacial score (nSPS) is 12.6. The average Bonchev–Trinajstić information content (AvgIpc) is 2.92. The van der Waals surface area contributed by atoms with Gasteiger partial charge in [0.1, 0.15) is 12.2 Å². The molecule has 2 aromatic rings. The lowest BCUT2D eigenvalue weighted by molar-refractivity contribution is 0.514. The van der Waals surface area contributed by atoms with Gasteiger partial charge in [0, 0.05) is 31.4 Å². The Balaban J connectivity index is 2.22. The van der Waals surface area contributed by atoms with Crippen molar-refractivity contribution in [3.05, 3.63) is 41.7 Å². The molecule has 0 aromatic carbocycles. The number of hydrogen-bond acceptors (Lipinski definition) is 4. The molecular formula is C15H23N5. The van der Waals surface area contributed by atoms with Crippen LogP contribution in [-0.4, -0.2) is 26.8 Å². The van der Waals surface area contributed by atoms with Gasteiger partial charge in [-0.3, -0.25) is 9.67 Å². The highest BCUT2D eigenvalue weighted by Crippen LogP contribution is 2.21. The highest BCUT2D eigenvalue weighted by molar-refractivity contribution is 5.27. The summed E-state index contributed by atoms with van der Waals surface area (Å²) in [7, 11) is 1.99. The first kappa shape index (κ1) is 14.7. The molecule has 2 rings (SSSR count). The monoisotopic (exact) mass is 273 g/mol. The summed E-state index contributed by atoms with van der Waals surface area (Å²) in [6.07, 6.45) is 8.35. The highest BCUT2D eigenvalue weighted by atomic mass is 15.3. The molecule has 0 saturated heterocycles. The summed E-state index contributed by atoms with van der Waals surface area (Å²) >= 11 is 0. The van der Waals surface area contributed by atoms with Crippen LogP contribution in [0.4, 0.5) is 0 Å². The first-order valence-electron chi connectivity index (χ1n) is 7.26. The van der Waals surface area contributed by atoms with Gasteiger partial charge in [-0.25, -0.2) is 4.98 Å². The fourth-order valence-corrected chi connectivity index (χ4v) is 2.47. The molecule has 0 aliphatic rings. The second-order valence-corrected chi connectivity index (χ2v) is 4.87. The van der Waals surface area contributed by atoms with Crippen molar-refractivity contribution in [3.63, 3.8) is 0 Å². The van der Waals surface area contributed by atoms with E-state index >= 15 is 0 Å². The number of nitrogens with zero attached hydrogens (tertiary/aromatic N) is 4. The molecule has 20 heavy (non-hydrogen) atoms. The first-order valence-corrected chi connectivity index (χ1v) is 7.26. The molecule has 1 unspecified atom stereocenters. The molecule has 2 heterocycles. The minimum Gasteiger partial charge on any atom is -0.313 e. The number of aromatic nitrogens is 4. The van der Waals surface area contributed by atoms with Crippen LogP contribution >= 0.6 is 0 Å². The molecule has 0 bridgehead atoms. The number of rotatable bonds is 7. The molecule has 0 saturated carbocycles. The van der Waals surface area contributed by atoms with E-state index in [0.717, 1.165) is 31.6 Å². The molecule has 0 spiro atoms. The SMILES string of the molecule is CCCn1ncnc1CC(NC)c1ccncc1CC.